The molecule has 20 heavy (non-hydrogen) atoms. The minimum Gasteiger partial charge on any atom is -0.319 e. The molecule has 2 atom stereocenters. The lowest BCUT2D eigenvalue weighted by Crippen LogP contribution is -2.44. The number of amides is 4. The van der Waals surface area contributed by atoms with Gasteiger partial charge < -0.3 is 11.5 Å². The predicted octanol–water partition coefficient (Wildman–Crippen LogP) is -1.65. The normalized spacial score (nSPS) is 13.2. The molecule has 2 unspecified atom stereocenters. The fourth-order valence-electron chi connectivity index (χ4n) is 0.927. The molecule has 0 rings (SSSR count). The molecule has 0 aromatic rings. The second-order valence-corrected chi connectivity index (χ2v) is 6.43. The zero-order valence-electron chi connectivity index (χ0n) is 11.2. The number of carbonyl (C=O) groups excluding carboxylic acids is 4. The maximum atomic E-state index is 11.3. The van der Waals surface area contributed by atoms with Gasteiger partial charge in [0.1, 0.15) is 0 Å². The number of hydrogen-bond acceptors (Lipinski definition) is 8. The molecule has 6 N–H and O–H groups in total. The van der Waals surface area contributed by atoms with Gasteiger partial charge in [-0.1, -0.05) is 21.6 Å². The summed E-state index contributed by atoms with van der Waals surface area (Å²) in [6, 6.07) is -1.64. The zero-order chi connectivity index (χ0) is 15.7. The summed E-state index contributed by atoms with van der Waals surface area (Å²) in [4.78, 5) is 43.9. The molecule has 0 fully saturated rings. The summed E-state index contributed by atoms with van der Waals surface area (Å²) < 4.78 is 0. The summed E-state index contributed by atoms with van der Waals surface area (Å²) in [5, 5.41) is 4.16. The Morgan fingerprint density at radius 3 is 1.40 bits per heavy atom. The molecule has 0 aliphatic carbocycles. The largest absolute Gasteiger partial charge is 0.319 e. The summed E-state index contributed by atoms with van der Waals surface area (Å²) in [7, 11) is 2.51. The van der Waals surface area contributed by atoms with E-state index in [0.29, 0.717) is 0 Å². The van der Waals surface area contributed by atoms with E-state index in [1.165, 1.54) is 35.4 Å². The van der Waals surface area contributed by atoms with Gasteiger partial charge in [0.25, 0.3) is 0 Å². The van der Waals surface area contributed by atoms with Gasteiger partial charge in [-0.3, -0.25) is 29.8 Å². The predicted molar refractivity (Wildman–Crippen MR) is 78.5 cm³/mol. The van der Waals surface area contributed by atoms with Crippen LogP contribution in [0.15, 0.2) is 0 Å². The Morgan fingerprint density at radius 1 is 0.850 bits per heavy atom. The maximum Gasteiger partial charge on any atom is 0.244 e. The van der Waals surface area contributed by atoms with Crippen LogP contribution in [0.2, 0.25) is 0 Å². The highest BCUT2D eigenvalue weighted by atomic mass is 33.1. The molecule has 0 aliphatic rings. The minimum absolute atomic E-state index is 0.269. The fourth-order valence-corrected chi connectivity index (χ4v) is 3.17. The Bertz CT molecular complexity index is 355. The molecule has 10 heteroatoms. The van der Waals surface area contributed by atoms with Crippen molar-refractivity contribution >= 4 is 45.2 Å². The molecule has 0 aromatic carbocycles. The number of hydrogen-bond donors (Lipinski definition) is 4. The SMILES string of the molecule is CC(=O)NC(=O)C(N)CSSCC(N)C(=O)NC(C)=O. The molecule has 0 radical (unpaired) electrons. The molecule has 0 aromatic heterocycles. The van der Waals surface area contributed by atoms with Crippen molar-refractivity contribution in [2.24, 2.45) is 11.5 Å². The first-order chi connectivity index (χ1) is 9.23. The number of carbonyl (C=O) groups is 4. The lowest BCUT2D eigenvalue weighted by Gasteiger charge is -2.12. The lowest BCUT2D eigenvalue weighted by atomic mass is 10.3. The Hall–Kier alpha value is -1.10. The van der Waals surface area contributed by atoms with Crippen molar-refractivity contribution < 1.29 is 19.2 Å². The highest BCUT2D eigenvalue weighted by molar-refractivity contribution is 8.76. The number of nitrogens with two attached hydrogens (primary N) is 2. The molecule has 0 aliphatic heterocycles. The van der Waals surface area contributed by atoms with Crippen molar-refractivity contribution in [1.82, 2.24) is 10.6 Å². The molecule has 4 amide bonds. The molecular formula is C10H18N4O4S2. The van der Waals surface area contributed by atoms with Gasteiger partial charge in [0.05, 0.1) is 12.1 Å². The number of rotatable bonds is 7. The maximum absolute atomic E-state index is 11.3. The monoisotopic (exact) mass is 322 g/mol. The van der Waals surface area contributed by atoms with Crippen molar-refractivity contribution in [3.8, 4) is 0 Å². The first-order valence-corrected chi connectivity index (χ1v) is 8.11. The first kappa shape index (κ1) is 18.9. The first-order valence-electron chi connectivity index (χ1n) is 5.62. The van der Waals surface area contributed by atoms with Crippen LogP contribution < -0.4 is 22.1 Å². The summed E-state index contributed by atoms with van der Waals surface area (Å²) >= 11 is 0. The van der Waals surface area contributed by atoms with Crippen LogP contribution in [0, 0.1) is 0 Å². The van der Waals surface area contributed by atoms with Crippen LogP contribution >= 0.6 is 21.6 Å². The van der Waals surface area contributed by atoms with Gasteiger partial charge in [0.2, 0.25) is 23.6 Å². The van der Waals surface area contributed by atoms with Crippen LogP contribution in [0.25, 0.3) is 0 Å². The van der Waals surface area contributed by atoms with Crippen LogP contribution in [0.5, 0.6) is 0 Å². The van der Waals surface area contributed by atoms with E-state index in [9.17, 15) is 19.2 Å². The van der Waals surface area contributed by atoms with Gasteiger partial charge in [-0.15, -0.1) is 0 Å². The van der Waals surface area contributed by atoms with Crippen molar-refractivity contribution in [3.63, 3.8) is 0 Å². The molecule has 0 heterocycles. The van der Waals surface area contributed by atoms with E-state index in [1.807, 2.05) is 0 Å². The third-order valence-corrected chi connectivity index (χ3v) is 4.32. The summed E-state index contributed by atoms with van der Waals surface area (Å²) in [6.45, 7) is 2.44. The van der Waals surface area contributed by atoms with Gasteiger partial charge in [0.15, 0.2) is 0 Å². The van der Waals surface area contributed by atoms with Gasteiger partial charge in [-0.05, 0) is 0 Å². The highest BCUT2D eigenvalue weighted by Gasteiger charge is 2.17. The van der Waals surface area contributed by atoms with Gasteiger partial charge in [-0.2, -0.15) is 0 Å². The summed E-state index contributed by atoms with van der Waals surface area (Å²) in [6.07, 6.45) is 0. The Kier molecular flexibility index (Phi) is 9.21. The van der Waals surface area contributed by atoms with Crippen molar-refractivity contribution in [1.29, 1.82) is 0 Å². The smallest absolute Gasteiger partial charge is 0.244 e. The van der Waals surface area contributed by atoms with E-state index in [0.717, 1.165) is 0 Å². The minimum atomic E-state index is -0.821. The second-order valence-electron chi connectivity index (χ2n) is 3.87. The average Bonchev–Trinajstić information content (AvgIpc) is 2.32. The molecule has 0 saturated carbocycles. The summed E-state index contributed by atoms with van der Waals surface area (Å²) in [5.41, 5.74) is 11.1. The third kappa shape index (κ3) is 8.91. The van der Waals surface area contributed by atoms with Crippen molar-refractivity contribution in [3.05, 3.63) is 0 Å². The molecular weight excluding hydrogens is 304 g/mol. The third-order valence-electron chi connectivity index (χ3n) is 1.85. The molecule has 0 saturated heterocycles. The average molecular weight is 322 g/mol. The van der Waals surface area contributed by atoms with Crippen molar-refractivity contribution in [2.45, 2.75) is 25.9 Å². The Labute approximate surface area is 124 Å². The topological polar surface area (TPSA) is 144 Å². The van der Waals surface area contributed by atoms with Crippen LogP contribution in [0.4, 0.5) is 0 Å². The fraction of sp³-hybridized carbons (Fsp3) is 0.600. The van der Waals surface area contributed by atoms with E-state index >= 15 is 0 Å². The molecule has 114 valence electrons. The van der Waals surface area contributed by atoms with Crippen LogP contribution in [-0.4, -0.2) is 47.2 Å². The van der Waals surface area contributed by atoms with E-state index in [2.05, 4.69) is 10.6 Å². The van der Waals surface area contributed by atoms with E-state index in [4.69, 9.17) is 11.5 Å². The lowest BCUT2D eigenvalue weighted by molar-refractivity contribution is -0.131. The highest BCUT2D eigenvalue weighted by Crippen LogP contribution is 2.22. The summed E-state index contributed by atoms with van der Waals surface area (Å²) in [5.74, 6) is -1.50. The number of imide groups is 2. The molecule has 8 nitrogen and oxygen atoms in total. The van der Waals surface area contributed by atoms with Gasteiger partial charge >= 0.3 is 0 Å². The van der Waals surface area contributed by atoms with E-state index in [-0.39, 0.29) is 11.5 Å². The Balaban J connectivity index is 3.85. The second kappa shape index (κ2) is 9.75. The van der Waals surface area contributed by atoms with Gasteiger partial charge in [-0.25, -0.2) is 0 Å². The van der Waals surface area contributed by atoms with Crippen LogP contribution in [-0.2, 0) is 19.2 Å². The number of nitrogens with one attached hydrogen (secondary N) is 2. The van der Waals surface area contributed by atoms with Crippen molar-refractivity contribution in [2.75, 3.05) is 11.5 Å². The molecule has 0 bridgehead atoms. The standard InChI is InChI=1S/C10H18N4O4S2/c1-5(15)13-9(17)7(11)3-19-20-4-8(12)10(18)14-6(2)16/h7-8H,3-4,11-12H2,1-2H3,(H,13,15,17)(H,14,16,18). The molecule has 0 spiro atoms. The van der Waals surface area contributed by atoms with Crippen LogP contribution in [0.3, 0.4) is 0 Å². The van der Waals surface area contributed by atoms with E-state index < -0.39 is 35.7 Å². The van der Waals surface area contributed by atoms with E-state index in [1.54, 1.807) is 0 Å². The Morgan fingerprint density at radius 2 is 1.15 bits per heavy atom. The quantitative estimate of drug-likeness (QED) is 0.322. The van der Waals surface area contributed by atoms with Gasteiger partial charge in [0, 0.05) is 25.4 Å². The van der Waals surface area contributed by atoms with Crippen LogP contribution in [0.1, 0.15) is 13.8 Å². The zero-order valence-corrected chi connectivity index (χ0v) is 12.8.